The third-order valence-corrected chi connectivity index (χ3v) is 3.79. The van der Waals surface area contributed by atoms with Crippen molar-refractivity contribution in [1.82, 2.24) is 24.9 Å². The van der Waals surface area contributed by atoms with E-state index < -0.39 is 6.10 Å². The number of urea groups is 1. The van der Waals surface area contributed by atoms with Gasteiger partial charge in [-0.15, -0.1) is 5.10 Å². The SMILES string of the molecule is Cc1ccc(NC(=O)N2C[C@@H](O)[C@H](n3ccnn3)C2)c(C)n1. The lowest BCUT2D eigenvalue weighted by molar-refractivity contribution is 0.139. The number of β-amino-alcohol motifs (C(OH)–C–C–N with tert-alkyl or cyclic N) is 1. The molecule has 2 atom stereocenters. The number of likely N-dealkylation sites (tertiary alicyclic amines) is 1. The Balaban J connectivity index is 1.68. The number of aryl methyl sites for hydroxylation is 2. The predicted octanol–water partition coefficient (Wildman–Crippen LogP) is 0.740. The highest BCUT2D eigenvalue weighted by Gasteiger charge is 2.35. The number of hydrogen-bond donors (Lipinski definition) is 2. The first-order chi connectivity index (χ1) is 10.5. The number of aliphatic hydroxyl groups is 1. The van der Waals surface area contributed by atoms with E-state index in [1.165, 1.54) is 0 Å². The van der Waals surface area contributed by atoms with E-state index in [1.54, 1.807) is 22.0 Å². The number of hydrogen-bond acceptors (Lipinski definition) is 5. The number of carbonyl (C=O) groups is 1. The Kier molecular flexibility index (Phi) is 3.76. The van der Waals surface area contributed by atoms with E-state index in [0.29, 0.717) is 12.2 Å². The van der Waals surface area contributed by atoms with Gasteiger partial charge in [0.15, 0.2) is 0 Å². The van der Waals surface area contributed by atoms with E-state index in [-0.39, 0.29) is 18.6 Å². The summed E-state index contributed by atoms with van der Waals surface area (Å²) < 4.78 is 1.58. The first-order valence-electron chi connectivity index (χ1n) is 7.08. The van der Waals surface area contributed by atoms with E-state index in [1.807, 2.05) is 26.0 Å². The van der Waals surface area contributed by atoms with E-state index in [2.05, 4.69) is 20.6 Å². The molecule has 2 N–H and O–H groups in total. The van der Waals surface area contributed by atoms with Crippen molar-refractivity contribution in [2.75, 3.05) is 18.4 Å². The van der Waals surface area contributed by atoms with E-state index in [4.69, 9.17) is 0 Å². The monoisotopic (exact) mass is 302 g/mol. The van der Waals surface area contributed by atoms with Gasteiger partial charge in [0.1, 0.15) is 0 Å². The maximum atomic E-state index is 12.3. The smallest absolute Gasteiger partial charge is 0.322 e. The third-order valence-electron chi connectivity index (χ3n) is 3.79. The van der Waals surface area contributed by atoms with E-state index >= 15 is 0 Å². The van der Waals surface area contributed by atoms with Crippen LogP contribution in [0.25, 0.3) is 0 Å². The van der Waals surface area contributed by atoms with Gasteiger partial charge < -0.3 is 15.3 Å². The molecule has 0 spiro atoms. The number of anilines is 1. The Morgan fingerprint density at radius 2 is 2.18 bits per heavy atom. The van der Waals surface area contributed by atoms with Gasteiger partial charge in [0.25, 0.3) is 0 Å². The van der Waals surface area contributed by atoms with Crippen molar-refractivity contribution >= 4 is 11.7 Å². The Hall–Kier alpha value is -2.48. The summed E-state index contributed by atoms with van der Waals surface area (Å²) in [5, 5.41) is 20.6. The van der Waals surface area contributed by atoms with Gasteiger partial charge in [-0.3, -0.25) is 4.98 Å². The summed E-state index contributed by atoms with van der Waals surface area (Å²) in [4.78, 5) is 18.2. The second-order valence-corrected chi connectivity index (χ2v) is 5.44. The number of pyridine rings is 1. The lowest BCUT2D eigenvalue weighted by Gasteiger charge is -2.17. The fraction of sp³-hybridized carbons (Fsp3) is 0.429. The van der Waals surface area contributed by atoms with Crippen LogP contribution < -0.4 is 5.32 Å². The minimum Gasteiger partial charge on any atom is -0.389 e. The number of amides is 2. The molecule has 0 aromatic carbocycles. The molecule has 8 nitrogen and oxygen atoms in total. The minimum absolute atomic E-state index is 0.254. The maximum Gasteiger partial charge on any atom is 0.322 e. The molecule has 3 rings (SSSR count). The maximum absolute atomic E-state index is 12.3. The van der Waals surface area contributed by atoms with E-state index in [0.717, 1.165) is 11.4 Å². The molecule has 0 unspecified atom stereocenters. The summed E-state index contributed by atoms with van der Waals surface area (Å²) in [6, 6.07) is 3.15. The first-order valence-corrected chi connectivity index (χ1v) is 7.08. The number of nitrogens with one attached hydrogen (secondary N) is 1. The number of rotatable bonds is 2. The van der Waals surface area contributed by atoms with Crippen molar-refractivity contribution in [2.24, 2.45) is 0 Å². The molecular formula is C14H18N6O2. The Bertz CT molecular complexity index is 672. The molecule has 0 aliphatic carbocycles. The summed E-state index contributed by atoms with van der Waals surface area (Å²) in [6.45, 7) is 4.39. The molecular weight excluding hydrogens is 284 g/mol. The molecule has 2 aromatic heterocycles. The van der Waals surface area contributed by atoms with Crippen molar-refractivity contribution in [3.8, 4) is 0 Å². The van der Waals surface area contributed by atoms with Crippen LogP contribution in [0.5, 0.6) is 0 Å². The highest BCUT2D eigenvalue weighted by molar-refractivity contribution is 5.90. The number of carbonyl (C=O) groups excluding carboxylic acids is 1. The van der Waals surface area contributed by atoms with Crippen LogP contribution in [0.1, 0.15) is 17.4 Å². The lowest BCUT2D eigenvalue weighted by Crippen LogP contribution is -2.34. The molecule has 22 heavy (non-hydrogen) atoms. The van der Waals surface area contributed by atoms with Gasteiger partial charge in [-0.1, -0.05) is 5.21 Å². The molecule has 3 heterocycles. The zero-order valence-electron chi connectivity index (χ0n) is 12.5. The average Bonchev–Trinajstić information content (AvgIpc) is 3.10. The second kappa shape index (κ2) is 5.72. The van der Waals surface area contributed by atoms with Crippen LogP contribution in [-0.4, -0.2) is 55.2 Å². The summed E-state index contributed by atoms with van der Waals surface area (Å²) in [5.41, 5.74) is 2.34. The molecule has 1 aliphatic rings. The van der Waals surface area contributed by atoms with Crippen molar-refractivity contribution < 1.29 is 9.90 Å². The van der Waals surface area contributed by atoms with Crippen molar-refractivity contribution in [1.29, 1.82) is 0 Å². The van der Waals surface area contributed by atoms with Crippen molar-refractivity contribution in [2.45, 2.75) is 26.0 Å². The van der Waals surface area contributed by atoms with Crippen LogP contribution in [-0.2, 0) is 0 Å². The summed E-state index contributed by atoms with van der Waals surface area (Å²) in [5.74, 6) is 0. The van der Waals surface area contributed by atoms with Crippen LogP contribution in [0, 0.1) is 13.8 Å². The average molecular weight is 302 g/mol. The molecule has 0 radical (unpaired) electrons. The van der Waals surface area contributed by atoms with Gasteiger partial charge in [0.05, 0.1) is 36.3 Å². The molecule has 0 saturated carbocycles. The fourth-order valence-corrected chi connectivity index (χ4v) is 2.60. The van der Waals surface area contributed by atoms with Crippen LogP contribution >= 0.6 is 0 Å². The number of aromatic nitrogens is 4. The third kappa shape index (κ3) is 2.77. The standard InChI is InChI=1S/C14H18N6O2/c1-9-3-4-11(10(2)16-9)17-14(22)19-7-12(13(21)8-19)20-6-5-15-18-20/h3-6,12-13,21H,7-8H2,1-2H3,(H,17,22)/t12-,13-/m1/s1. The predicted molar refractivity (Wildman–Crippen MR) is 79.4 cm³/mol. The Labute approximate surface area is 127 Å². The first kappa shape index (κ1) is 14.5. The van der Waals surface area contributed by atoms with Gasteiger partial charge in [-0.25, -0.2) is 9.48 Å². The Morgan fingerprint density at radius 3 is 2.86 bits per heavy atom. The van der Waals surface area contributed by atoms with Gasteiger partial charge in [-0.2, -0.15) is 0 Å². The molecule has 8 heteroatoms. The summed E-state index contributed by atoms with van der Waals surface area (Å²) in [7, 11) is 0. The van der Waals surface area contributed by atoms with Crippen LogP contribution in [0.2, 0.25) is 0 Å². The summed E-state index contributed by atoms with van der Waals surface area (Å²) >= 11 is 0. The normalized spacial score (nSPS) is 21.1. The highest BCUT2D eigenvalue weighted by atomic mass is 16.3. The quantitative estimate of drug-likeness (QED) is 0.853. The van der Waals surface area contributed by atoms with Gasteiger partial charge >= 0.3 is 6.03 Å². The van der Waals surface area contributed by atoms with Crippen LogP contribution in [0.3, 0.4) is 0 Å². The van der Waals surface area contributed by atoms with Gasteiger partial charge in [-0.05, 0) is 26.0 Å². The molecule has 0 bridgehead atoms. The summed E-state index contributed by atoms with van der Waals surface area (Å²) in [6.07, 6.45) is 2.57. The number of nitrogens with zero attached hydrogens (tertiary/aromatic N) is 5. The lowest BCUT2D eigenvalue weighted by atomic mass is 10.2. The highest BCUT2D eigenvalue weighted by Crippen LogP contribution is 2.22. The molecule has 1 aliphatic heterocycles. The number of aliphatic hydroxyl groups excluding tert-OH is 1. The van der Waals surface area contributed by atoms with Gasteiger partial charge in [0.2, 0.25) is 0 Å². The van der Waals surface area contributed by atoms with Crippen molar-refractivity contribution in [3.05, 3.63) is 35.9 Å². The zero-order valence-corrected chi connectivity index (χ0v) is 12.5. The van der Waals surface area contributed by atoms with E-state index in [9.17, 15) is 9.90 Å². The fourth-order valence-electron chi connectivity index (χ4n) is 2.60. The molecule has 1 fully saturated rings. The Morgan fingerprint density at radius 1 is 1.36 bits per heavy atom. The molecule has 1 saturated heterocycles. The van der Waals surface area contributed by atoms with Crippen LogP contribution in [0.15, 0.2) is 24.5 Å². The molecule has 2 amide bonds. The zero-order chi connectivity index (χ0) is 15.7. The topological polar surface area (TPSA) is 96.2 Å². The molecule has 116 valence electrons. The largest absolute Gasteiger partial charge is 0.389 e. The minimum atomic E-state index is -0.662. The van der Waals surface area contributed by atoms with Gasteiger partial charge in [0, 0.05) is 18.4 Å². The second-order valence-electron chi connectivity index (χ2n) is 5.44. The molecule has 2 aromatic rings. The van der Waals surface area contributed by atoms with Crippen molar-refractivity contribution in [3.63, 3.8) is 0 Å². The van der Waals surface area contributed by atoms with Crippen LogP contribution in [0.4, 0.5) is 10.5 Å².